The second-order valence-electron chi connectivity index (χ2n) is 4.43. The number of benzene rings is 1. The molecule has 0 radical (unpaired) electrons. The lowest BCUT2D eigenvalue weighted by Gasteiger charge is -2.13. The van der Waals surface area contributed by atoms with E-state index in [-0.39, 0.29) is 22.2 Å². The zero-order chi connectivity index (χ0) is 13.8. The topological polar surface area (TPSA) is 62.4 Å². The second kappa shape index (κ2) is 6.29. The van der Waals surface area contributed by atoms with Gasteiger partial charge in [-0.1, -0.05) is 12.8 Å². The van der Waals surface area contributed by atoms with Gasteiger partial charge in [-0.05, 0) is 34.8 Å². The van der Waals surface area contributed by atoms with Crippen molar-refractivity contribution in [1.82, 2.24) is 5.43 Å². The standard InChI is InChI=1S/C12H15BrF2N4/c13-9-5-7(14)6-10(15)11(9)18-12(19-16)17-8-3-1-2-4-8/h5-6,8H,1-4,16H2,(H2,17,18,19). The average molecular weight is 333 g/mol. The van der Waals surface area contributed by atoms with Crippen LogP contribution in [0.15, 0.2) is 21.6 Å². The minimum atomic E-state index is -0.707. The van der Waals surface area contributed by atoms with E-state index in [1.54, 1.807) is 0 Å². The van der Waals surface area contributed by atoms with Gasteiger partial charge in [0, 0.05) is 10.5 Å². The average Bonchev–Trinajstić information content (AvgIpc) is 2.84. The molecule has 7 heteroatoms. The molecule has 1 fully saturated rings. The summed E-state index contributed by atoms with van der Waals surface area (Å²) in [5.74, 6) is 4.29. The van der Waals surface area contributed by atoms with Gasteiger partial charge in [0.05, 0.1) is 11.7 Å². The van der Waals surface area contributed by atoms with Crippen LogP contribution in [0.2, 0.25) is 0 Å². The van der Waals surface area contributed by atoms with Crippen LogP contribution in [0.1, 0.15) is 25.7 Å². The molecule has 0 amide bonds. The van der Waals surface area contributed by atoms with Gasteiger partial charge in [-0.3, -0.25) is 5.43 Å². The summed E-state index contributed by atoms with van der Waals surface area (Å²) < 4.78 is 26.9. The summed E-state index contributed by atoms with van der Waals surface area (Å²) in [6, 6.07) is 2.17. The number of nitrogens with one attached hydrogen (secondary N) is 2. The molecule has 19 heavy (non-hydrogen) atoms. The molecule has 0 unspecified atom stereocenters. The molecule has 0 aliphatic heterocycles. The molecule has 1 aromatic carbocycles. The monoisotopic (exact) mass is 332 g/mol. The van der Waals surface area contributed by atoms with E-state index in [1.807, 2.05) is 0 Å². The molecule has 4 N–H and O–H groups in total. The van der Waals surface area contributed by atoms with Crippen molar-refractivity contribution < 1.29 is 8.78 Å². The molecule has 4 nitrogen and oxygen atoms in total. The fourth-order valence-electron chi connectivity index (χ4n) is 2.10. The fourth-order valence-corrected chi connectivity index (χ4v) is 2.61. The van der Waals surface area contributed by atoms with Crippen LogP contribution < -0.4 is 16.6 Å². The van der Waals surface area contributed by atoms with Gasteiger partial charge in [0.25, 0.3) is 0 Å². The number of hydrogen-bond acceptors (Lipinski definition) is 2. The van der Waals surface area contributed by atoms with E-state index < -0.39 is 11.6 Å². The second-order valence-corrected chi connectivity index (χ2v) is 5.28. The van der Waals surface area contributed by atoms with Crippen molar-refractivity contribution >= 4 is 27.6 Å². The van der Waals surface area contributed by atoms with Crippen LogP contribution in [0.25, 0.3) is 0 Å². The van der Waals surface area contributed by atoms with Gasteiger partial charge >= 0.3 is 0 Å². The number of guanidine groups is 1. The molecule has 0 saturated heterocycles. The number of aliphatic imine (C=N–C) groups is 1. The van der Waals surface area contributed by atoms with Gasteiger partial charge in [0.2, 0.25) is 5.96 Å². The Hall–Kier alpha value is -1.21. The van der Waals surface area contributed by atoms with Gasteiger partial charge in [0.1, 0.15) is 5.82 Å². The summed E-state index contributed by atoms with van der Waals surface area (Å²) in [7, 11) is 0. The highest BCUT2D eigenvalue weighted by molar-refractivity contribution is 9.10. The molecule has 0 atom stereocenters. The minimum absolute atomic E-state index is 0.107. The van der Waals surface area contributed by atoms with E-state index in [2.05, 4.69) is 31.7 Å². The predicted octanol–water partition coefficient (Wildman–Crippen LogP) is 2.90. The van der Waals surface area contributed by atoms with Crippen LogP contribution >= 0.6 is 15.9 Å². The third-order valence-electron chi connectivity index (χ3n) is 3.02. The van der Waals surface area contributed by atoms with Crippen LogP contribution in [0.5, 0.6) is 0 Å². The lowest BCUT2D eigenvalue weighted by atomic mass is 10.3. The summed E-state index contributed by atoms with van der Waals surface area (Å²) in [6.07, 6.45) is 4.28. The zero-order valence-electron chi connectivity index (χ0n) is 10.2. The van der Waals surface area contributed by atoms with Gasteiger partial charge in [-0.2, -0.15) is 0 Å². The van der Waals surface area contributed by atoms with Gasteiger partial charge in [-0.25, -0.2) is 19.6 Å². The van der Waals surface area contributed by atoms with E-state index in [4.69, 9.17) is 5.84 Å². The van der Waals surface area contributed by atoms with Crippen molar-refractivity contribution in [3.8, 4) is 0 Å². The van der Waals surface area contributed by atoms with Crippen molar-refractivity contribution in [3.63, 3.8) is 0 Å². The Kier molecular flexibility index (Phi) is 4.71. The molecule has 1 aromatic rings. The molecular formula is C12H15BrF2N4. The van der Waals surface area contributed by atoms with E-state index in [0.29, 0.717) is 0 Å². The number of nitrogens with two attached hydrogens (primary N) is 1. The van der Waals surface area contributed by atoms with E-state index in [9.17, 15) is 8.78 Å². The molecule has 1 aliphatic carbocycles. The van der Waals surface area contributed by atoms with Gasteiger partial charge in [-0.15, -0.1) is 0 Å². The third-order valence-corrected chi connectivity index (χ3v) is 3.65. The van der Waals surface area contributed by atoms with E-state index >= 15 is 0 Å². The molecular weight excluding hydrogens is 318 g/mol. The SMILES string of the molecule is NNC(=NC1CCCC1)Nc1c(F)cc(F)cc1Br. The molecule has 0 bridgehead atoms. The Morgan fingerprint density at radius 1 is 1.32 bits per heavy atom. The molecule has 1 saturated carbocycles. The Morgan fingerprint density at radius 2 is 2.00 bits per heavy atom. The summed E-state index contributed by atoms with van der Waals surface area (Å²) in [6.45, 7) is 0. The molecule has 104 valence electrons. The quantitative estimate of drug-likeness (QED) is 0.338. The lowest BCUT2D eigenvalue weighted by molar-refractivity contribution is 0.584. The van der Waals surface area contributed by atoms with Crippen molar-refractivity contribution in [2.24, 2.45) is 10.8 Å². The first-order valence-corrected chi connectivity index (χ1v) is 6.85. The summed E-state index contributed by atoms with van der Waals surface area (Å²) in [5, 5.41) is 2.74. The molecule has 0 spiro atoms. The number of hydrogen-bond donors (Lipinski definition) is 3. The Bertz CT molecular complexity index is 464. The largest absolute Gasteiger partial charge is 0.322 e. The maximum absolute atomic E-state index is 13.7. The van der Waals surface area contributed by atoms with Crippen molar-refractivity contribution in [2.45, 2.75) is 31.7 Å². The van der Waals surface area contributed by atoms with Crippen LogP contribution in [0.4, 0.5) is 14.5 Å². The summed E-state index contributed by atoms with van der Waals surface area (Å²) in [4.78, 5) is 4.38. The molecule has 1 aliphatic rings. The van der Waals surface area contributed by atoms with Gasteiger partial charge in [0.15, 0.2) is 5.82 Å². The Balaban J connectivity index is 2.18. The number of halogens is 3. The minimum Gasteiger partial charge on any atom is -0.322 e. The first kappa shape index (κ1) is 14.2. The number of anilines is 1. The smallest absolute Gasteiger partial charge is 0.210 e. The zero-order valence-corrected chi connectivity index (χ0v) is 11.8. The number of rotatable bonds is 2. The first-order chi connectivity index (χ1) is 9.10. The fraction of sp³-hybridized carbons (Fsp3) is 0.417. The normalized spacial score (nSPS) is 16.7. The van der Waals surface area contributed by atoms with Crippen molar-refractivity contribution in [3.05, 3.63) is 28.2 Å². The lowest BCUT2D eigenvalue weighted by Crippen LogP contribution is -2.37. The number of nitrogens with zero attached hydrogens (tertiary/aromatic N) is 1. The first-order valence-electron chi connectivity index (χ1n) is 6.06. The molecule has 0 heterocycles. The van der Waals surface area contributed by atoms with Crippen LogP contribution in [-0.4, -0.2) is 12.0 Å². The maximum Gasteiger partial charge on any atom is 0.210 e. The Labute approximate surface area is 118 Å². The highest BCUT2D eigenvalue weighted by atomic mass is 79.9. The third kappa shape index (κ3) is 3.63. The summed E-state index contributed by atoms with van der Waals surface area (Å²) in [5.41, 5.74) is 2.51. The maximum atomic E-state index is 13.7. The summed E-state index contributed by atoms with van der Waals surface area (Å²) >= 11 is 3.10. The highest BCUT2D eigenvalue weighted by Crippen LogP contribution is 2.27. The van der Waals surface area contributed by atoms with Crippen molar-refractivity contribution in [1.29, 1.82) is 0 Å². The molecule has 0 aromatic heterocycles. The van der Waals surface area contributed by atoms with Crippen LogP contribution in [0.3, 0.4) is 0 Å². The van der Waals surface area contributed by atoms with E-state index in [1.165, 1.54) is 6.07 Å². The number of hydrazine groups is 1. The van der Waals surface area contributed by atoms with Crippen molar-refractivity contribution in [2.75, 3.05) is 5.32 Å². The van der Waals surface area contributed by atoms with E-state index in [0.717, 1.165) is 31.7 Å². The Morgan fingerprint density at radius 3 is 2.58 bits per heavy atom. The van der Waals surface area contributed by atoms with Gasteiger partial charge < -0.3 is 5.32 Å². The van der Waals surface area contributed by atoms with Crippen LogP contribution in [-0.2, 0) is 0 Å². The molecule has 2 rings (SSSR count). The predicted molar refractivity (Wildman–Crippen MR) is 74.7 cm³/mol. The highest BCUT2D eigenvalue weighted by Gasteiger charge is 2.16. The van der Waals surface area contributed by atoms with Crippen LogP contribution in [0, 0.1) is 11.6 Å².